The molecule has 6 heteroatoms. The first-order chi connectivity index (χ1) is 18.6. The number of amides is 1. The van der Waals surface area contributed by atoms with Crippen molar-refractivity contribution in [1.29, 1.82) is 0 Å². The van der Waals surface area contributed by atoms with Gasteiger partial charge in [0.15, 0.2) is 0 Å². The second-order valence-corrected chi connectivity index (χ2v) is 11.9. The minimum Gasteiger partial charge on any atom is -0.379 e. The summed E-state index contributed by atoms with van der Waals surface area (Å²) in [6, 6.07) is 4.46. The molecule has 1 amide bonds. The number of hydrogen-bond acceptors (Lipinski definition) is 5. The van der Waals surface area contributed by atoms with Crippen LogP contribution in [0.1, 0.15) is 63.9 Å². The van der Waals surface area contributed by atoms with Crippen molar-refractivity contribution < 1.29 is 9.53 Å². The number of carbonyl (C=O) groups excluding carboxylic acids is 1. The van der Waals surface area contributed by atoms with E-state index in [1.807, 2.05) is 18.5 Å². The van der Waals surface area contributed by atoms with Gasteiger partial charge in [0.25, 0.3) is 0 Å². The monoisotopic (exact) mass is 518 g/mol. The Hall–Kier alpha value is -2.44. The summed E-state index contributed by atoms with van der Waals surface area (Å²) in [5.41, 5.74) is 4.04. The number of likely N-dealkylation sites (tertiary alicyclic amines) is 1. The number of rotatable bonds is 6. The minimum absolute atomic E-state index is 0.0985. The molecule has 0 bridgehead atoms. The van der Waals surface area contributed by atoms with Gasteiger partial charge in [-0.2, -0.15) is 0 Å². The molecule has 1 N–H and O–H groups in total. The predicted octanol–water partition coefficient (Wildman–Crippen LogP) is 4.92. The molecular weight excluding hydrogens is 472 g/mol. The standard InChI is InChI=1S/C32H46N4O2/c1-24-8-10-29(11-9-26(21-24)23-35-17-19-38-20-18-35)36-15-12-28(13-16-36)34-32(37)31-7-3-6-30(25(31)2)27-5-4-14-33-22-27/h4-5,9-11,14,21-22,24-25,28,30-31H,3,6-8,12-13,15-20,23H2,1-2H3,(H,34,37). The lowest BCUT2D eigenvalue weighted by atomic mass is 9.70. The van der Waals surface area contributed by atoms with Crippen LogP contribution >= 0.6 is 0 Å². The van der Waals surface area contributed by atoms with E-state index >= 15 is 0 Å². The largest absolute Gasteiger partial charge is 0.379 e. The molecule has 0 radical (unpaired) electrons. The van der Waals surface area contributed by atoms with Gasteiger partial charge in [0.1, 0.15) is 0 Å². The van der Waals surface area contributed by atoms with Crippen molar-refractivity contribution in [3.63, 3.8) is 0 Å². The molecule has 3 fully saturated rings. The summed E-state index contributed by atoms with van der Waals surface area (Å²) in [6.45, 7) is 11.3. The second-order valence-electron chi connectivity index (χ2n) is 11.9. The van der Waals surface area contributed by atoms with Crippen molar-refractivity contribution in [1.82, 2.24) is 20.1 Å². The highest BCUT2D eigenvalue weighted by Crippen LogP contribution is 2.41. The van der Waals surface area contributed by atoms with Gasteiger partial charge in [-0.1, -0.05) is 44.6 Å². The normalized spacial score (nSPS) is 29.7. The molecule has 1 aromatic heterocycles. The average molecular weight is 519 g/mol. The average Bonchev–Trinajstić information content (AvgIpc) is 2.93. The quantitative estimate of drug-likeness (QED) is 0.579. The van der Waals surface area contributed by atoms with Gasteiger partial charge in [-0.3, -0.25) is 14.7 Å². The highest BCUT2D eigenvalue weighted by atomic mass is 16.5. The molecule has 5 rings (SSSR count). The molecule has 2 aliphatic heterocycles. The SMILES string of the molecule is CC1C=C(CN2CCOCC2)C=CC(N2CCC(NC(=O)C3CCCC(c4cccnc4)C3C)CC2)=CC1. The van der Waals surface area contributed by atoms with Crippen LogP contribution in [0.5, 0.6) is 0 Å². The maximum absolute atomic E-state index is 13.4. The molecular formula is C32H46N4O2. The van der Waals surface area contributed by atoms with Crippen molar-refractivity contribution in [2.24, 2.45) is 17.8 Å². The van der Waals surface area contributed by atoms with Gasteiger partial charge in [-0.15, -0.1) is 0 Å². The van der Waals surface area contributed by atoms with Crippen LogP contribution in [0, 0.1) is 17.8 Å². The van der Waals surface area contributed by atoms with Crippen LogP contribution in [-0.2, 0) is 9.53 Å². The number of nitrogens with zero attached hydrogens (tertiary/aromatic N) is 3. The van der Waals surface area contributed by atoms with Crippen LogP contribution in [-0.4, -0.2) is 72.7 Å². The van der Waals surface area contributed by atoms with Crippen LogP contribution in [0.15, 0.2) is 60.1 Å². The zero-order valence-corrected chi connectivity index (χ0v) is 23.4. The van der Waals surface area contributed by atoms with Crippen molar-refractivity contribution in [3.8, 4) is 0 Å². The molecule has 1 saturated carbocycles. The van der Waals surface area contributed by atoms with Crippen LogP contribution in [0.4, 0.5) is 0 Å². The Labute approximate surface area is 229 Å². The molecule has 0 spiro atoms. The Morgan fingerprint density at radius 2 is 1.89 bits per heavy atom. The van der Waals surface area contributed by atoms with E-state index < -0.39 is 0 Å². The van der Waals surface area contributed by atoms with Crippen molar-refractivity contribution in [2.45, 2.75) is 64.3 Å². The lowest BCUT2D eigenvalue weighted by molar-refractivity contribution is -0.128. The Morgan fingerprint density at radius 3 is 2.66 bits per heavy atom. The van der Waals surface area contributed by atoms with Crippen LogP contribution in [0.25, 0.3) is 0 Å². The summed E-state index contributed by atoms with van der Waals surface area (Å²) in [6.07, 6.45) is 19.7. The Morgan fingerprint density at radius 1 is 1.08 bits per heavy atom. The van der Waals surface area contributed by atoms with Gasteiger partial charge in [0.05, 0.1) is 13.2 Å². The molecule has 0 aromatic carbocycles. The molecule has 6 nitrogen and oxygen atoms in total. The molecule has 2 saturated heterocycles. The molecule has 2 aliphatic carbocycles. The van der Waals surface area contributed by atoms with Gasteiger partial charge >= 0.3 is 0 Å². The molecule has 4 unspecified atom stereocenters. The Bertz CT molecular complexity index is 1010. The van der Waals surface area contributed by atoms with E-state index in [2.05, 4.69) is 64.3 Å². The maximum Gasteiger partial charge on any atom is 0.223 e. The van der Waals surface area contributed by atoms with E-state index in [1.165, 1.54) is 16.8 Å². The van der Waals surface area contributed by atoms with Crippen LogP contribution in [0.3, 0.4) is 0 Å². The zero-order chi connectivity index (χ0) is 26.3. The van der Waals surface area contributed by atoms with Gasteiger partial charge in [0, 0.05) is 62.8 Å². The summed E-state index contributed by atoms with van der Waals surface area (Å²) in [7, 11) is 0. The number of piperidine rings is 1. The first-order valence-corrected chi connectivity index (χ1v) is 14.9. The first kappa shape index (κ1) is 27.1. The maximum atomic E-state index is 13.4. The lowest BCUT2D eigenvalue weighted by Crippen LogP contribution is -2.47. The lowest BCUT2D eigenvalue weighted by Gasteiger charge is -2.38. The second kappa shape index (κ2) is 13.1. The van der Waals surface area contributed by atoms with Gasteiger partial charge in [-0.05, 0) is 73.1 Å². The fourth-order valence-electron chi connectivity index (χ4n) is 6.80. The molecule has 4 aliphatic rings. The minimum atomic E-state index is 0.0985. The number of ether oxygens (including phenoxy) is 1. The van der Waals surface area contributed by atoms with Crippen molar-refractivity contribution in [2.75, 3.05) is 45.9 Å². The van der Waals surface area contributed by atoms with E-state index in [-0.39, 0.29) is 17.9 Å². The van der Waals surface area contributed by atoms with Gasteiger partial charge in [-0.25, -0.2) is 0 Å². The summed E-state index contributed by atoms with van der Waals surface area (Å²) in [4.78, 5) is 22.7. The molecule has 1 aromatic rings. The molecule has 38 heavy (non-hydrogen) atoms. The Balaban J connectivity index is 1.13. The first-order valence-electron chi connectivity index (χ1n) is 14.9. The fraction of sp³-hybridized carbons (Fsp3) is 0.625. The third kappa shape index (κ3) is 6.95. The van der Waals surface area contributed by atoms with Crippen molar-refractivity contribution >= 4 is 5.91 Å². The zero-order valence-electron chi connectivity index (χ0n) is 23.4. The smallest absolute Gasteiger partial charge is 0.223 e. The molecule has 206 valence electrons. The number of morpholine rings is 1. The van der Waals surface area contributed by atoms with E-state index in [0.717, 1.165) is 84.5 Å². The highest BCUT2D eigenvalue weighted by molar-refractivity contribution is 5.79. The predicted molar refractivity (Wildman–Crippen MR) is 153 cm³/mol. The highest BCUT2D eigenvalue weighted by Gasteiger charge is 2.36. The van der Waals surface area contributed by atoms with Crippen LogP contribution in [0.2, 0.25) is 0 Å². The summed E-state index contributed by atoms with van der Waals surface area (Å²) in [5, 5.41) is 3.45. The summed E-state index contributed by atoms with van der Waals surface area (Å²) in [5.74, 6) is 1.68. The van der Waals surface area contributed by atoms with Gasteiger partial charge < -0.3 is 15.0 Å². The van der Waals surface area contributed by atoms with Crippen LogP contribution < -0.4 is 5.32 Å². The van der Waals surface area contributed by atoms with E-state index in [1.54, 1.807) is 0 Å². The van der Waals surface area contributed by atoms with E-state index in [4.69, 9.17) is 4.74 Å². The number of pyridine rings is 1. The topological polar surface area (TPSA) is 57.7 Å². The number of allylic oxidation sites excluding steroid dienone is 3. The van der Waals surface area contributed by atoms with E-state index in [9.17, 15) is 4.79 Å². The number of aromatic nitrogens is 1. The number of nitrogens with one attached hydrogen (secondary N) is 1. The van der Waals surface area contributed by atoms with Gasteiger partial charge in [0.2, 0.25) is 5.91 Å². The Kier molecular flexibility index (Phi) is 9.34. The number of carbonyl (C=O) groups is 1. The summed E-state index contributed by atoms with van der Waals surface area (Å²) >= 11 is 0. The third-order valence-electron chi connectivity index (χ3n) is 9.13. The molecule has 3 heterocycles. The van der Waals surface area contributed by atoms with E-state index in [0.29, 0.717) is 17.8 Å². The summed E-state index contributed by atoms with van der Waals surface area (Å²) < 4.78 is 5.52. The van der Waals surface area contributed by atoms with Crippen molar-refractivity contribution in [3.05, 3.63) is 65.7 Å². The third-order valence-corrected chi connectivity index (χ3v) is 9.13. The number of hydrogen-bond donors (Lipinski definition) is 1. The fourth-order valence-corrected chi connectivity index (χ4v) is 6.80. The molecule has 4 atom stereocenters.